The molecule has 1 aliphatic heterocycles. The number of aryl methyl sites for hydroxylation is 1. The quantitative estimate of drug-likeness (QED) is 0.230. The van der Waals surface area contributed by atoms with Gasteiger partial charge in [-0.25, -0.2) is 23.9 Å². The Morgan fingerprint density at radius 2 is 1.98 bits per heavy atom. The van der Waals surface area contributed by atoms with Crippen LogP contribution in [0.5, 0.6) is 5.75 Å². The highest BCUT2D eigenvalue weighted by Gasteiger charge is 2.47. The van der Waals surface area contributed by atoms with Crippen molar-refractivity contribution < 1.29 is 37.4 Å². The summed E-state index contributed by atoms with van der Waals surface area (Å²) in [5, 5.41) is 13.3. The van der Waals surface area contributed by atoms with Crippen LogP contribution in [-0.2, 0) is 23.4 Å². The average molecular weight is 607 g/mol. The van der Waals surface area contributed by atoms with Gasteiger partial charge < -0.3 is 24.0 Å². The number of benzene rings is 1. The summed E-state index contributed by atoms with van der Waals surface area (Å²) in [4.78, 5) is 27.9. The molecule has 3 heterocycles. The smallest absolute Gasteiger partial charge is 0.459 e. The van der Waals surface area contributed by atoms with E-state index in [1.807, 2.05) is 11.9 Å². The molecule has 6 atom stereocenters. The van der Waals surface area contributed by atoms with Crippen LogP contribution in [0.1, 0.15) is 45.7 Å². The van der Waals surface area contributed by atoms with E-state index in [1.165, 1.54) is 17.8 Å². The maximum absolute atomic E-state index is 15.5. The number of hydrogen-bond acceptors (Lipinski definition) is 11. The number of aromatic nitrogens is 4. The molecule has 2 aliphatic rings. The summed E-state index contributed by atoms with van der Waals surface area (Å²) >= 11 is 0. The van der Waals surface area contributed by atoms with Gasteiger partial charge in [-0.05, 0) is 52.7 Å². The Morgan fingerprint density at radius 1 is 1.26 bits per heavy atom. The zero-order valence-electron chi connectivity index (χ0n) is 24.1. The maximum atomic E-state index is 15.5. The molecular weight excluding hydrogens is 570 g/mol. The molecule has 0 bridgehead atoms. The Hall–Kier alpha value is -3.16. The monoisotopic (exact) mass is 606 g/mol. The van der Waals surface area contributed by atoms with Crippen molar-refractivity contribution in [1.29, 1.82) is 0 Å². The first-order chi connectivity index (χ1) is 20.0. The number of hydrogen-bond donors (Lipinski definition) is 2. The van der Waals surface area contributed by atoms with Gasteiger partial charge in [0, 0.05) is 13.1 Å². The minimum atomic E-state index is -4.25. The molecule has 1 aromatic carbocycles. The summed E-state index contributed by atoms with van der Waals surface area (Å²) < 4.78 is 53.0. The summed E-state index contributed by atoms with van der Waals surface area (Å²) in [5.74, 6) is 0.667. The number of aliphatic hydroxyl groups is 1. The molecule has 5 rings (SSSR count). The SMILES string of the molecule is Cc1nc(N(C)C2CC2)c2ncn([C@@H]3O[C@H](CO[P@@](=O)(N[C@@H](C)C(=O)OC(C)C)Oc4ccccc4)[C@@H](O)[C@@H]3F)c2n1. The van der Waals surface area contributed by atoms with Gasteiger partial charge in [0.05, 0.1) is 19.0 Å². The van der Waals surface area contributed by atoms with Crippen molar-refractivity contribution in [2.24, 2.45) is 0 Å². The Labute approximate surface area is 242 Å². The predicted molar refractivity (Wildman–Crippen MR) is 151 cm³/mol. The molecule has 3 aromatic rings. The van der Waals surface area contributed by atoms with Gasteiger partial charge in [-0.3, -0.25) is 13.9 Å². The van der Waals surface area contributed by atoms with Crippen LogP contribution in [0.4, 0.5) is 10.2 Å². The highest BCUT2D eigenvalue weighted by atomic mass is 31.2. The molecule has 0 amide bonds. The standard InChI is InChI=1S/C27H36FN6O7P/c1-15(2)39-27(36)16(3)32-42(37,41-19-9-7-6-8-10-19)38-13-20-23(35)21(28)26(40-20)34-14-29-22-24(33(5)18-11-12-18)30-17(4)31-25(22)34/h6-10,14-16,18,20-21,23,26,35H,11-13H2,1-5H3,(H,32,37)/t16-,20+,21-,23+,26+,42-/m0/s1. The van der Waals surface area contributed by atoms with Crippen molar-refractivity contribution >= 4 is 30.7 Å². The second-order valence-corrected chi connectivity index (χ2v) is 12.5. The third kappa shape index (κ3) is 6.57. The number of anilines is 1. The van der Waals surface area contributed by atoms with Crippen LogP contribution < -0.4 is 14.5 Å². The molecular formula is C27H36FN6O7P. The van der Waals surface area contributed by atoms with Crippen LogP contribution >= 0.6 is 7.75 Å². The number of imidazole rings is 1. The zero-order chi connectivity index (χ0) is 30.2. The van der Waals surface area contributed by atoms with Crippen molar-refractivity contribution in [3.05, 3.63) is 42.5 Å². The third-order valence-corrected chi connectivity index (χ3v) is 8.59. The van der Waals surface area contributed by atoms with Crippen LogP contribution in [-0.4, -0.2) is 80.8 Å². The predicted octanol–water partition coefficient (Wildman–Crippen LogP) is 3.46. The van der Waals surface area contributed by atoms with E-state index in [-0.39, 0.29) is 5.75 Å². The van der Waals surface area contributed by atoms with Crippen molar-refractivity contribution in [3.8, 4) is 5.75 Å². The minimum Gasteiger partial charge on any atom is -0.462 e. The number of carbonyl (C=O) groups excluding carboxylic acids is 1. The van der Waals surface area contributed by atoms with E-state index in [1.54, 1.807) is 51.1 Å². The van der Waals surface area contributed by atoms with E-state index in [2.05, 4.69) is 20.0 Å². The molecule has 0 spiro atoms. The molecule has 1 aliphatic carbocycles. The summed E-state index contributed by atoms with van der Waals surface area (Å²) in [5.41, 5.74) is 0.857. The van der Waals surface area contributed by atoms with Gasteiger partial charge in [0.1, 0.15) is 29.8 Å². The Bertz CT molecular complexity index is 1460. The second kappa shape index (κ2) is 12.2. The fourth-order valence-corrected chi connectivity index (χ4v) is 6.15. The molecule has 15 heteroatoms. The molecule has 0 unspecified atom stereocenters. The van der Waals surface area contributed by atoms with Gasteiger partial charge in [-0.2, -0.15) is 5.09 Å². The molecule has 228 valence electrons. The number of ether oxygens (including phenoxy) is 2. The molecule has 1 saturated heterocycles. The lowest BCUT2D eigenvalue weighted by atomic mass is 10.1. The van der Waals surface area contributed by atoms with Crippen LogP contribution in [0.25, 0.3) is 11.2 Å². The van der Waals surface area contributed by atoms with Crippen molar-refractivity contribution in [2.45, 2.75) is 83.3 Å². The molecule has 1 saturated carbocycles. The van der Waals surface area contributed by atoms with E-state index in [4.69, 9.17) is 18.5 Å². The van der Waals surface area contributed by atoms with E-state index in [9.17, 15) is 14.5 Å². The maximum Gasteiger partial charge on any atom is 0.459 e. The first-order valence-corrected chi connectivity index (χ1v) is 15.4. The van der Waals surface area contributed by atoms with E-state index in [0.29, 0.717) is 28.8 Å². The first-order valence-electron chi connectivity index (χ1n) is 13.8. The summed E-state index contributed by atoms with van der Waals surface area (Å²) in [6.45, 7) is 6.05. The van der Waals surface area contributed by atoms with Crippen LogP contribution in [0.3, 0.4) is 0 Å². The molecule has 0 radical (unpaired) electrons. The number of halogens is 1. The lowest BCUT2D eigenvalue weighted by Gasteiger charge is -2.25. The molecule has 42 heavy (non-hydrogen) atoms. The van der Waals surface area contributed by atoms with Crippen molar-refractivity contribution in [3.63, 3.8) is 0 Å². The van der Waals surface area contributed by atoms with E-state index in [0.717, 1.165) is 12.8 Å². The number of nitrogens with one attached hydrogen (secondary N) is 1. The molecule has 13 nitrogen and oxygen atoms in total. The zero-order valence-corrected chi connectivity index (χ0v) is 25.0. The van der Waals surface area contributed by atoms with Crippen molar-refractivity contribution in [2.75, 3.05) is 18.6 Å². The lowest BCUT2D eigenvalue weighted by molar-refractivity contribution is -0.149. The van der Waals surface area contributed by atoms with E-state index >= 15 is 4.39 Å². The lowest BCUT2D eigenvalue weighted by Crippen LogP contribution is -2.37. The van der Waals surface area contributed by atoms with Crippen molar-refractivity contribution in [1.82, 2.24) is 24.6 Å². The highest BCUT2D eigenvalue weighted by molar-refractivity contribution is 7.52. The number of carbonyl (C=O) groups is 1. The number of alkyl halides is 1. The summed E-state index contributed by atoms with van der Waals surface area (Å²) in [7, 11) is -2.31. The third-order valence-electron chi connectivity index (χ3n) is 6.95. The fraction of sp³-hybridized carbons (Fsp3) is 0.556. The molecule has 2 aromatic heterocycles. The number of nitrogens with zero attached hydrogens (tertiary/aromatic N) is 5. The largest absolute Gasteiger partial charge is 0.462 e. The summed E-state index contributed by atoms with van der Waals surface area (Å²) in [6.07, 6.45) is -2.90. The highest BCUT2D eigenvalue weighted by Crippen LogP contribution is 2.46. The molecule has 2 fully saturated rings. The van der Waals surface area contributed by atoms with Gasteiger partial charge in [0.2, 0.25) is 0 Å². The van der Waals surface area contributed by atoms with Gasteiger partial charge in [0.15, 0.2) is 29.4 Å². The number of rotatable bonds is 12. The molecule has 2 N–H and O–H groups in total. The summed E-state index contributed by atoms with van der Waals surface area (Å²) in [6, 6.07) is 7.52. The second-order valence-electron chi connectivity index (χ2n) is 10.8. The normalized spacial score (nSPS) is 24.5. The Balaban J connectivity index is 1.34. The minimum absolute atomic E-state index is 0.207. The van der Waals surface area contributed by atoms with Crippen LogP contribution in [0.2, 0.25) is 0 Å². The topological polar surface area (TPSA) is 150 Å². The van der Waals surface area contributed by atoms with Gasteiger partial charge >= 0.3 is 13.7 Å². The first kappa shape index (κ1) is 30.3. The van der Waals surface area contributed by atoms with Gasteiger partial charge in [-0.1, -0.05) is 18.2 Å². The number of esters is 1. The van der Waals surface area contributed by atoms with Crippen LogP contribution in [0, 0.1) is 6.92 Å². The van der Waals surface area contributed by atoms with E-state index < -0.39 is 57.1 Å². The van der Waals surface area contributed by atoms with Gasteiger partial charge in [0.25, 0.3) is 0 Å². The van der Waals surface area contributed by atoms with Gasteiger partial charge in [-0.15, -0.1) is 0 Å². The Morgan fingerprint density at radius 3 is 2.64 bits per heavy atom. The fourth-order valence-electron chi connectivity index (χ4n) is 4.65. The number of para-hydroxylation sites is 1. The number of fused-ring (bicyclic) bond motifs is 1. The Kier molecular flexibility index (Phi) is 8.81. The van der Waals surface area contributed by atoms with Crippen LogP contribution in [0.15, 0.2) is 36.7 Å². The average Bonchev–Trinajstić information content (AvgIpc) is 3.65. The number of aliphatic hydroxyl groups excluding tert-OH is 1.